The van der Waals surface area contributed by atoms with Crippen LogP contribution in [0.3, 0.4) is 0 Å². The first-order valence-electron chi connectivity index (χ1n) is 7.87. The third kappa shape index (κ3) is 5.37. The second-order valence-electron chi connectivity index (χ2n) is 5.57. The maximum absolute atomic E-state index is 11.9. The summed E-state index contributed by atoms with van der Waals surface area (Å²) in [4.78, 5) is 13.6. The summed E-state index contributed by atoms with van der Waals surface area (Å²) in [6.45, 7) is 2.49. The Morgan fingerprint density at radius 1 is 1.38 bits per heavy atom. The number of amides is 2. The number of urea groups is 1. The first-order chi connectivity index (χ1) is 11.6. The predicted octanol–water partition coefficient (Wildman–Crippen LogP) is 3.25. The summed E-state index contributed by atoms with van der Waals surface area (Å²) in [5, 5.41) is 23.4. The molecule has 3 N–H and O–H groups in total. The third-order valence-electron chi connectivity index (χ3n) is 3.55. The van der Waals surface area contributed by atoms with Gasteiger partial charge in [0.2, 0.25) is 0 Å². The number of nitrogens with one attached hydrogen (secondary N) is 2. The van der Waals surface area contributed by atoms with Gasteiger partial charge in [-0.1, -0.05) is 18.2 Å². The summed E-state index contributed by atoms with van der Waals surface area (Å²) < 4.78 is 0. The molecule has 24 heavy (non-hydrogen) atoms. The van der Waals surface area contributed by atoms with Crippen molar-refractivity contribution in [2.24, 2.45) is 0 Å². The lowest BCUT2D eigenvalue weighted by molar-refractivity contribution is 0.234. The van der Waals surface area contributed by atoms with E-state index in [1.54, 1.807) is 0 Å². The minimum Gasteiger partial charge on any atom is -0.396 e. The second kappa shape index (κ2) is 9.06. The van der Waals surface area contributed by atoms with Crippen molar-refractivity contribution in [3.8, 4) is 16.5 Å². The number of rotatable bonds is 7. The molecule has 0 aliphatic rings. The first-order valence-corrected chi connectivity index (χ1v) is 8.68. The van der Waals surface area contributed by atoms with Gasteiger partial charge in [-0.15, -0.1) is 11.3 Å². The molecule has 0 radical (unpaired) electrons. The van der Waals surface area contributed by atoms with Crippen molar-refractivity contribution >= 4 is 17.4 Å². The van der Waals surface area contributed by atoms with Gasteiger partial charge in [0.25, 0.3) is 0 Å². The SMILES string of the molecule is CC(CCCO)NC(=O)NCc1cccc(-c2ccc(C#N)s2)c1. The van der Waals surface area contributed by atoms with Crippen LogP contribution in [0.2, 0.25) is 0 Å². The van der Waals surface area contributed by atoms with Crippen molar-refractivity contribution in [1.29, 1.82) is 5.26 Å². The van der Waals surface area contributed by atoms with Crippen molar-refractivity contribution in [2.75, 3.05) is 6.61 Å². The number of carbonyl (C=O) groups excluding carboxylic acids is 1. The van der Waals surface area contributed by atoms with Gasteiger partial charge >= 0.3 is 6.03 Å². The lowest BCUT2D eigenvalue weighted by Crippen LogP contribution is -2.40. The fraction of sp³-hybridized carbons (Fsp3) is 0.333. The molecule has 6 heteroatoms. The fourth-order valence-corrected chi connectivity index (χ4v) is 3.11. The Labute approximate surface area is 145 Å². The van der Waals surface area contributed by atoms with Gasteiger partial charge in [-0.05, 0) is 49.1 Å². The zero-order chi connectivity index (χ0) is 17.4. The molecule has 0 fully saturated rings. The Bertz CT molecular complexity index is 721. The van der Waals surface area contributed by atoms with E-state index in [2.05, 4.69) is 16.7 Å². The second-order valence-corrected chi connectivity index (χ2v) is 6.65. The normalized spacial score (nSPS) is 11.5. The Morgan fingerprint density at radius 2 is 2.21 bits per heavy atom. The van der Waals surface area contributed by atoms with Crippen LogP contribution in [0.5, 0.6) is 0 Å². The van der Waals surface area contributed by atoms with Crippen LogP contribution in [0.4, 0.5) is 4.79 Å². The Morgan fingerprint density at radius 3 is 2.92 bits per heavy atom. The highest BCUT2D eigenvalue weighted by atomic mass is 32.1. The molecular formula is C18H21N3O2S. The highest BCUT2D eigenvalue weighted by molar-refractivity contribution is 7.16. The predicted molar refractivity (Wildman–Crippen MR) is 95.6 cm³/mol. The minimum absolute atomic E-state index is 0.0269. The number of benzene rings is 1. The molecule has 1 aromatic carbocycles. The van der Waals surface area contributed by atoms with Crippen molar-refractivity contribution in [3.05, 3.63) is 46.8 Å². The molecule has 2 amide bonds. The number of thiophene rings is 1. The van der Waals surface area contributed by atoms with Crippen molar-refractivity contribution in [3.63, 3.8) is 0 Å². The number of nitrogens with zero attached hydrogens (tertiary/aromatic N) is 1. The van der Waals surface area contributed by atoms with Crippen LogP contribution in [0.1, 0.15) is 30.2 Å². The average Bonchev–Trinajstić information content (AvgIpc) is 3.07. The van der Waals surface area contributed by atoms with Gasteiger partial charge in [0.05, 0.1) is 0 Å². The van der Waals surface area contributed by atoms with Crippen LogP contribution in [-0.4, -0.2) is 23.8 Å². The smallest absolute Gasteiger partial charge is 0.315 e. The van der Waals surface area contributed by atoms with Gasteiger partial charge in [-0.2, -0.15) is 5.26 Å². The molecule has 1 atom stereocenters. The molecule has 5 nitrogen and oxygen atoms in total. The van der Waals surface area contributed by atoms with E-state index < -0.39 is 0 Å². The van der Waals surface area contributed by atoms with Crippen LogP contribution in [-0.2, 0) is 6.54 Å². The molecule has 0 aliphatic heterocycles. The molecule has 1 heterocycles. The van der Waals surface area contributed by atoms with E-state index in [0.717, 1.165) is 22.4 Å². The molecule has 2 rings (SSSR count). The molecule has 2 aromatic rings. The van der Waals surface area contributed by atoms with Gasteiger partial charge in [-0.3, -0.25) is 0 Å². The van der Waals surface area contributed by atoms with Crippen LogP contribution >= 0.6 is 11.3 Å². The average molecular weight is 343 g/mol. The van der Waals surface area contributed by atoms with Gasteiger partial charge in [-0.25, -0.2) is 4.79 Å². The van der Waals surface area contributed by atoms with E-state index >= 15 is 0 Å². The van der Waals surface area contributed by atoms with Gasteiger partial charge in [0, 0.05) is 24.1 Å². The summed E-state index contributed by atoms with van der Waals surface area (Å²) in [5.41, 5.74) is 2.04. The van der Waals surface area contributed by atoms with E-state index in [1.165, 1.54) is 11.3 Å². The van der Waals surface area contributed by atoms with Crippen LogP contribution in [0, 0.1) is 11.3 Å². The molecule has 0 aliphatic carbocycles. The number of aliphatic hydroxyl groups is 1. The molecule has 0 saturated heterocycles. The monoisotopic (exact) mass is 343 g/mol. The number of nitriles is 1. The Hall–Kier alpha value is -2.36. The van der Waals surface area contributed by atoms with Crippen LogP contribution in [0.15, 0.2) is 36.4 Å². The summed E-state index contributed by atoms with van der Waals surface area (Å²) in [6.07, 6.45) is 1.42. The summed E-state index contributed by atoms with van der Waals surface area (Å²) >= 11 is 1.45. The molecule has 0 spiro atoms. The maximum atomic E-state index is 11.9. The topological polar surface area (TPSA) is 85.2 Å². The van der Waals surface area contributed by atoms with E-state index in [9.17, 15) is 4.79 Å². The molecule has 1 aromatic heterocycles. The van der Waals surface area contributed by atoms with E-state index in [-0.39, 0.29) is 18.7 Å². The van der Waals surface area contributed by atoms with Crippen molar-refractivity contribution in [2.45, 2.75) is 32.4 Å². The summed E-state index contributed by atoms with van der Waals surface area (Å²) in [7, 11) is 0. The molecular weight excluding hydrogens is 322 g/mol. The largest absolute Gasteiger partial charge is 0.396 e. The van der Waals surface area contributed by atoms with Gasteiger partial charge in [0.15, 0.2) is 0 Å². The van der Waals surface area contributed by atoms with E-state index in [4.69, 9.17) is 10.4 Å². The highest BCUT2D eigenvalue weighted by Gasteiger charge is 2.07. The lowest BCUT2D eigenvalue weighted by Gasteiger charge is -2.14. The van der Waals surface area contributed by atoms with Gasteiger partial charge < -0.3 is 15.7 Å². The quantitative estimate of drug-likeness (QED) is 0.721. The fourth-order valence-electron chi connectivity index (χ4n) is 2.31. The zero-order valence-corrected chi connectivity index (χ0v) is 14.4. The maximum Gasteiger partial charge on any atom is 0.315 e. The Balaban J connectivity index is 1.90. The molecule has 126 valence electrons. The van der Waals surface area contributed by atoms with E-state index in [1.807, 2.05) is 43.3 Å². The Kier molecular flexibility index (Phi) is 6.79. The third-order valence-corrected chi connectivity index (χ3v) is 4.59. The zero-order valence-electron chi connectivity index (χ0n) is 13.6. The summed E-state index contributed by atoms with van der Waals surface area (Å²) in [5.74, 6) is 0. The highest BCUT2D eigenvalue weighted by Crippen LogP contribution is 2.28. The molecule has 0 saturated carbocycles. The standard InChI is InChI=1S/C18H21N3O2S/c1-13(4-3-9-22)21-18(23)20-12-14-5-2-6-15(10-14)17-8-7-16(11-19)24-17/h2,5-8,10,13,22H,3-4,9,12H2,1H3,(H2,20,21,23). The molecule has 0 bridgehead atoms. The van der Waals surface area contributed by atoms with Crippen LogP contribution < -0.4 is 10.6 Å². The van der Waals surface area contributed by atoms with Gasteiger partial charge in [0.1, 0.15) is 10.9 Å². The van der Waals surface area contributed by atoms with Crippen molar-refractivity contribution < 1.29 is 9.90 Å². The number of hydrogen-bond acceptors (Lipinski definition) is 4. The lowest BCUT2D eigenvalue weighted by atomic mass is 10.1. The minimum atomic E-state index is -0.214. The first kappa shape index (κ1) is 18.0. The van der Waals surface area contributed by atoms with Crippen molar-refractivity contribution in [1.82, 2.24) is 10.6 Å². The summed E-state index contributed by atoms with van der Waals surface area (Å²) in [6, 6.07) is 13.6. The van der Waals surface area contributed by atoms with E-state index in [0.29, 0.717) is 17.8 Å². The number of aliphatic hydroxyl groups excluding tert-OH is 1. The molecule has 1 unspecified atom stereocenters. The number of hydrogen-bond donors (Lipinski definition) is 3. The number of carbonyl (C=O) groups is 1. The van der Waals surface area contributed by atoms with Crippen LogP contribution in [0.25, 0.3) is 10.4 Å².